The standard InChI is InChI=1S/C14H22N2O2.ClH/c1-5-6-18-12-7-9(2)13(10(3)8-12)16-14(17)11(4)15;/h7-8,11H,5-6,15H2,1-4H3,(H,16,17);1H. The fourth-order valence-corrected chi connectivity index (χ4v) is 1.66. The number of rotatable bonds is 5. The summed E-state index contributed by atoms with van der Waals surface area (Å²) in [6, 6.07) is 3.35. The van der Waals surface area contributed by atoms with E-state index in [2.05, 4.69) is 12.2 Å². The first-order valence-corrected chi connectivity index (χ1v) is 6.26. The summed E-state index contributed by atoms with van der Waals surface area (Å²) in [5.74, 6) is 0.661. The Bertz CT molecular complexity index is 410. The zero-order chi connectivity index (χ0) is 13.7. The number of anilines is 1. The second-order valence-corrected chi connectivity index (χ2v) is 4.56. The molecular weight excluding hydrogens is 264 g/mol. The van der Waals surface area contributed by atoms with Gasteiger partial charge in [0.1, 0.15) is 5.75 Å². The molecule has 19 heavy (non-hydrogen) atoms. The van der Waals surface area contributed by atoms with E-state index >= 15 is 0 Å². The molecule has 1 amide bonds. The Balaban J connectivity index is 0.00000324. The summed E-state index contributed by atoms with van der Waals surface area (Å²) in [6.45, 7) is 8.32. The number of ether oxygens (including phenoxy) is 1. The SMILES string of the molecule is CCCOc1cc(C)c(NC(=O)C(C)N)c(C)c1.Cl. The number of nitrogens with one attached hydrogen (secondary N) is 1. The number of hydrogen-bond donors (Lipinski definition) is 2. The molecule has 0 saturated heterocycles. The zero-order valence-corrected chi connectivity index (χ0v) is 12.8. The van der Waals surface area contributed by atoms with Gasteiger partial charge in [-0.3, -0.25) is 4.79 Å². The first kappa shape index (κ1) is 17.7. The van der Waals surface area contributed by atoms with Crippen molar-refractivity contribution < 1.29 is 9.53 Å². The summed E-state index contributed by atoms with van der Waals surface area (Å²) in [5, 5.41) is 2.84. The summed E-state index contributed by atoms with van der Waals surface area (Å²) in [6.07, 6.45) is 0.973. The van der Waals surface area contributed by atoms with Crippen LogP contribution in [0, 0.1) is 13.8 Å². The number of hydrogen-bond acceptors (Lipinski definition) is 3. The molecule has 3 N–H and O–H groups in total. The number of nitrogens with two attached hydrogens (primary N) is 1. The van der Waals surface area contributed by atoms with Crippen LogP contribution in [0.4, 0.5) is 5.69 Å². The molecule has 0 bridgehead atoms. The van der Waals surface area contributed by atoms with Crippen LogP contribution in [0.2, 0.25) is 0 Å². The Labute approximate surface area is 121 Å². The summed E-state index contributed by atoms with van der Waals surface area (Å²) >= 11 is 0. The minimum atomic E-state index is -0.514. The molecule has 0 radical (unpaired) electrons. The van der Waals surface area contributed by atoms with Gasteiger partial charge in [0, 0.05) is 5.69 Å². The van der Waals surface area contributed by atoms with Gasteiger partial charge in [-0.25, -0.2) is 0 Å². The molecule has 0 fully saturated rings. The van der Waals surface area contributed by atoms with Crippen LogP contribution in [-0.2, 0) is 4.79 Å². The lowest BCUT2D eigenvalue weighted by Gasteiger charge is -2.15. The highest BCUT2D eigenvalue weighted by Gasteiger charge is 2.12. The van der Waals surface area contributed by atoms with E-state index in [1.54, 1.807) is 6.92 Å². The van der Waals surface area contributed by atoms with Gasteiger partial charge in [-0.15, -0.1) is 12.4 Å². The molecular formula is C14H23ClN2O2. The highest BCUT2D eigenvalue weighted by Crippen LogP contribution is 2.26. The fraction of sp³-hybridized carbons (Fsp3) is 0.500. The van der Waals surface area contributed by atoms with Crippen molar-refractivity contribution in [2.75, 3.05) is 11.9 Å². The lowest BCUT2D eigenvalue weighted by molar-refractivity contribution is -0.117. The average Bonchev–Trinajstić information content (AvgIpc) is 2.30. The molecule has 0 aliphatic rings. The van der Waals surface area contributed by atoms with Gasteiger partial charge >= 0.3 is 0 Å². The van der Waals surface area contributed by atoms with Crippen molar-refractivity contribution in [3.8, 4) is 5.75 Å². The first-order chi connectivity index (χ1) is 8.45. The highest BCUT2D eigenvalue weighted by molar-refractivity contribution is 5.95. The average molecular weight is 287 g/mol. The third-order valence-electron chi connectivity index (χ3n) is 2.64. The quantitative estimate of drug-likeness (QED) is 0.875. The molecule has 0 spiro atoms. The topological polar surface area (TPSA) is 64.3 Å². The molecule has 1 rings (SSSR count). The number of carbonyl (C=O) groups excluding carboxylic acids is 1. The van der Waals surface area contributed by atoms with E-state index in [-0.39, 0.29) is 18.3 Å². The van der Waals surface area contributed by atoms with Crippen LogP contribution >= 0.6 is 12.4 Å². The summed E-state index contributed by atoms with van der Waals surface area (Å²) in [7, 11) is 0. The van der Waals surface area contributed by atoms with Gasteiger partial charge < -0.3 is 15.8 Å². The molecule has 1 atom stereocenters. The lowest BCUT2D eigenvalue weighted by Crippen LogP contribution is -2.32. The van der Waals surface area contributed by atoms with Crippen LogP contribution in [0.25, 0.3) is 0 Å². The molecule has 5 heteroatoms. The number of carbonyl (C=O) groups is 1. The van der Waals surface area contributed by atoms with Crippen LogP contribution in [0.1, 0.15) is 31.4 Å². The Hall–Kier alpha value is -1.26. The smallest absolute Gasteiger partial charge is 0.241 e. The van der Waals surface area contributed by atoms with Gasteiger partial charge in [-0.1, -0.05) is 6.92 Å². The van der Waals surface area contributed by atoms with Crippen LogP contribution in [0.3, 0.4) is 0 Å². The molecule has 1 aromatic rings. The van der Waals surface area contributed by atoms with E-state index in [1.165, 1.54) is 0 Å². The monoisotopic (exact) mass is 286 g/mol. The maximum atomic E-state index is 11.6. The van der Waals surface area contributed by atoms with Crippen molar-refractivity contribution >= 4 is 24.0 Å². The van der Waals surface area contributed by atoms with Crippen molar-refractivity contribution in [1.29, 1.82) is 0 Å². The normalized spacial score (nSPS) is 11.4. The van der Waals surface area contributed by atoms with Gasteiger partial charge in [-0.2, -0.15) is 0 Å². The molecule has 1 aromatic carbocycles. The van der Waals surface area contributed by atoms with E-state index < -0.39 is 6.04 Å². The maximum Gasteiger partial charge on any atom is 0.241 e. The molecule has 0 aliphatic heterocycles. The van der Waals surface area contributed by atoms with Gasteiger partial charge in [0.15, 0.2) is 0 Å². The van der Waals surface area contributed by atoms with Crippen molar-refractivity contribution in [3.63, 3.8) is 0 Å². The van der Waals surface area contributed by atoms with E-state index in [1.807, 2.05) is 26.0 Å². The van der Waals surface area contributed by atoms with E-state index in [0.717, 1.165) is 29.0 Å². The molecule has 4 nitrogen and oxygen atoms in total. The van der Waals surface area contributed by atoms with E-state index in [0.29, 0.717) is 6.61 Å². The van der Waals surface area contributed by atoms with E-state index in [4.69, 9.17) is 10.5 Å². The number of aryl methyl sites for hydroxylation is 2. The zero-order valence-electron chi connectivity index (χ0n) is 11.9. The molecule has 0 aromatic heterocycles. The van der Waals surface area contributed by atoms with E-state index in [9.17, 15) is 4.79 Å². The summed E-state index contributed by atoms with van der Waals surface area (Å²) in [4.78, 5) is 11.6. The maximum absolute atomic E-state index is 11.6. The fourth-order valence-electron chi connectivity index (χ4n) is 1.66. The molecule has 108 valence electrons. The minimum Gasteiger partial charge on any atom is -0.494 e. The van der Waals surface area contributed by atoms with Crippen molar-refractivity contribution in [2.45, 2.75) is 40.2 Å². The largest absolute Gasteiger partial charge is 0.494 e. The molecule has 0 aliphatic carbocycles. The van der Waals surface area contributed by atoms with Crippen molar-refractivity contribution in [1.82, 2.24) is 0 Å². The Kier molecular flexibility index (Phi) is 7.49. The number of amides is 1. The van der Waals surface area contributed by atoms with Crippen LogP contribution in [-0.4, -0.2) is 18.6 Å². The predicted molar refractivity (Wildman–Crippen MR) is 81.2 cm³/mol. The first-order valence-electron chi connectivity index (χ1n) is 6.26. The Morgan fingerprint density at radius 1 is 1.37 bits per heavy atom. The van der Waals surface area contributed by atoms with Crippen molar-refractivity contribution in [2.24, 2.45) is 5.73 Å². The second-order valence-electron chi connectivity index (χ2n) is 4.56. The van der Waals surface area contributed by atoms with Gasteiger partial charge in [-0.05, 0) is 50.5 Å². The van der Waals surface area contributed by atoms with Gasteiger partial charge in [0.05, 0.1) is 12.6 Å². The van der Waals surface area contributed by atoms with Gasteiger partial charge in [0.2, 0.25) is 5.91 Å². The second kappa shape index (κ2) is 8.02. The highest BCUT2D eigenvalue weighted by atomic mass is 35.5. The van der Waals surface area contributed by atoms with Gasteiger partial charge in [0.25, 0.3) is 0 Å². The lowest BCUT2D eigenvalue weighted by atomic mass is 10.1. The van der Waals surface area contributed by atoms with Crippen LogP contribution in [0.5, 0.6) is 5.75 Å². The van der Waals surface area contributed by atoms with Crippen LogP contribution in [0.15, 0.2) is 12.1 Å². The Morgan fingerprint density at radius 3 is 2.32 bits per heavy atom. The van der Waals surface area contributed by atoms with Crippen LogP contribution < -0.4 is 15.8 Å². The third-order valence-corrected chi connectivity index (χ3v) is 2.64. The molecule has 0 saturated carbocycles. The third kappa shape index (κ3) is 5.09. The van der Waals surface area contributed by atoms with Crippen molar-refractivity contribution in [3.05, 3.63) is 23.3 Å². The minimum absolute atomic E-state index is 0. The molecule has 0 heterocycles. The summed E-state index contributed by atoms with van der Waals surface area (Å²) in [5.41, 5.74) is 8.33. The predicted octanol–water partition coefficient (Wildman–Crippen LogP) is 2.80. The number of halogens is 1. The summed E-state index contributed by atoms with van der Waals surface area (Å²) < 4.78 is 5.59. The number of benzene rings is 1. The Morgan fingerprint density at radius 2 is 1.89 bits per heavy atom. The molecule has 1 unspecified atom stereocenters.